The van der Waals surface area contributed by atoms with Gasteiger partial charge in [-0.3, -0.25) is 0 Å². The first-order chi connectivity index (χ1) is 9.15. The van der Waals surface area contributed by atoms with Gasteiger partial charge in [-0.25, -0.2) is 4.79 Å². The van der Waals surface area contributed by atoms with Crippen LogP contribution in [0.4, 0.5) is 4.79 Å². The minimum atomic E-state index is -0.368. The molecule has 0 saturated carbocycles. The molecule has 0 aliphatic carbocycles. The topological polar surface area (TPSA) is 85.2 Å². The molecule has 0 heterocycles. The molecule has 5 heteroatoms. The van der Waals surface area contributed by atoms with Crippen LogP contribution in [0.1, 0.15) is 30.9 Å². The minimum Gasteiger partial charge on any atom is -0.393 e. The maximum Gasteiger partial charge on any atom is 0.315 e. The van der Waals surface area contributed by atoms with Gasteiger partial charge in [0, 0.05) is 13.1 Å². The maximum atomic E-state index is 11.5. The number of carbonyl (C=O) groups excluding carboxylic acids is 1. The maximum absolute atomic E-state index is 11.5. The molecule has 2 amide bonds. The van der Waals surface area contributed by atoms with Crippen molar-refractivity contribution in [3.63, 3.8) is 0 Å². The summed E-state index contributed by atoms with van der Waals surface area (Å²) < 4.78 is 0. The number of nitrogens with zero attached hydrogens (tertiary/aromatic N) is 1. The van der Waals surface area contributed by atoms with Crippen LogP contribution >= 0.6 is 0 Å². The van der Waals surface area contributed by atoms with Crippen LogP contribution in [0.15, 0.2) is 24.3 Å². The molecule has 0 unspecified atom stereocenters. The van der Waals surface area contributed by atoms with Crippen molar-refractivity contribution in [2.24, 2.45) is 0 Å². The van der Waals surface area contributed by atoms with E-state index in [1.807, 2.05) is 13.0 Å². The predicted octanol–water partition coefficient (Wildman–Crippen LogP) is 1.52. The number of nitriles is 1. The fraction of sp³-hybridized carbons (Fsp3) is 0.429. The molecule has 0 aliphatic heterocycles. The van der Waals surface area contributed by atoms with Crippen molar-refractivity contribution in [1.29, 1.82) is 5.26 Å². The highest BCUT2D eigenvalue weighted by Gasteiger charge is 2.03. The Morgan fingerprint density at radius 3 is 2.95 bits per heavy atom. The van der Waals surface area contributed by atoms with E-state index in [4.69, 9.17) is 5.26 Å². The number of nitrogens with one attached hydrogen (secondary N) is 2. The molecule has 1 rings (SSSR count). The highest BCUT2D eigenvalue weighted by molar-refractivity contribution is 5.73. The van der Waals surface area contributed by atoms with Gasteiger partial charge >= 0.3 is 6.03 Å². The minimum absolute atomic E-state index is 0.273. The van der Waals surface area contributed by atoms with E-state index in [2.05, 4.69) is 16.7 Å². The van der Waals surface area contributed by atoms with E-state index in [9.17, 15) is 9.90 Å². The van der Waals surface area contributed by atoms with Crippen LogP contribution < -0.4 is 10.6 Å². The molecule has 5 nitrogen and oxygen atoms in total. The number of amides is 2. The summed E-state index contributed by atoms with van der Waals surface area (Å²) in [7, 11) is 0. The van der Waals surface area contributed by atoms with Gasteiger partial charge in [0.25, 0.3) is 0 Å². The summed E-state index contributed by atoms with van der Waals surface area (Å²) in [6.45, 7) is 2.71. The zero-order valence-electron chi connectivity index (χ0n) is 11.0. The monoisotopic (exact) mass is 261 g/mol. The number of aliphatic hydroxyl groups excluding tert-OH is 1. The molecular formula is C14H19N3O2. The molecular weight excluding hydrogens is 242 g/mol. The lowest BCUT2D eigenvalue weighted by molar-refractivity contribution is 0.160. The standard InChI is InChI=1S/C14H19N3O2/c1-2-13(18)6-7-16-14(19)17-10-12-5-3-4-11(8-12)9-15/h3-5,8,13,18H,2,6-7,10H2,1H3,(H2,16,17,19)/t13-/m0/s1. The van der Waals surface area contributed by atoms with Gasteiger partial charge in [0.05, 0.1) is 17.7 Å². The van der Waals surface area contributed by atoms with Crippen molar-refractivity contribution >= 4 is 6.03 Å². The van der Waals surface area contributed by atoms with E-state index >= 15 is 0 Å². The van der Waals surface area contributed by atoms with Crippen molar-refractivity contribution in [2.75, 3.05) is 6.54 Å². The lowest BCUT2D eigenvalue weighted by Crippen LogP contribution is -2.36. The molecule has 0 spiro atoms. The molecule has 1 aromatic carbocycles. The normalized spacial score (nSPS) is 11.4. The Labute approximate surface area is 113 Å². The van der Waals surface area contributed by atoms with Gasteiger partial charge in [-0.2, -0.15) is 5.26 Å². The number of benzene rings is 1. The Hall–Kier alpha value is -2.06. The summed E-state index contributed by atoms with van der Waals surface area (Å²) in [5.74, 6) is 0. The molecule has 0 fully saturated rings. The third-order valence-electron chi connectivity index (χ3n) is 2.74. The predicted molar refractivity (Wildman–Crippen MR) is 72.3 cm³/mol. The molecule has 3 N–H and O–H groups in total. The van der Waals surface area contributed by atoms with E-state index in [0.717, 1.165) is 5.56 Å². The van der Waals surface area contributed by atoms with Crippen molar-refractivity contribution in [1.82, 2.24) is 10.6 Å². The summed E-state index contributed by atoms with van der Waals surface area (Å²) in [6.07, 6.45) is 0.866. The fourth-order valence-corrected chi connectivity index (χ4v) is 1.55. The van der Waals surface area contributed by atoms with Crippen LogP contribution in [0.3, 0.4) is 0 Å². The Morgan fingerprint density at radius 1 is 1.47 bits per heavy atom. The van der Waals surface area contributed by atoms with Crippen LogP contribution in [-0.2, 0) is 6.54 Å². The van der Waals surface area contributed by atoms with Gasteiger partial charge < -0.3 is 15.7 Å². The molecule has 1 aromatic rings. The first-order valence-electron chi connectivity index (χ1n) is 6.34. The van der Waals surface area contributed by atoms with Crippen LogP contribution in [-0.4, -0.2) is 23.8 Å². The van der Waals surface area contributed by atoms with E-state index in [0.29, 0.717) is 31.5 Å². The number of aliphatic hydroxyl groups is 1. The van der Waals surface area contributed by atoms with Crippen LogP contribution in [0.2, 0.25) is 0 Å². The lowest BCUT2D eigenvalue weighted by atomic mass is 10.1. The SMILES string of the molecule is CC[C@H](O)CCNC(=O)NCc1cccc(C#N)c1. The molecule has 0 radical (unpaired) electrons. The first kappa shape index (κ1) is 15.0. The van der Waals surface area contributed by atoms with E-state index < -0.39 is 0 Å². The second-order valence-electron chi connectivity index (χ2n) is 4.27. The first-order valence-corrected chi connectivity index (χ1v) is 6.34. The fourth-order valence-electron chi connectivity index (χ4n) is 1.55. The second kappa shape index (κ2) is 8.11. The average Bonchev–Trinajstić information content (AvgIpc) is 2.45. The Morgan fingerprint density at radius 2 is 2.26 bits per heavy atom. The summed E-state index contributed by atoms with van der Waals surface area (Å²) in [5, 5.41) is 23.5. The largest absolute Gasteiger partial charge is 0.393 e. The molecule has 0 aromatic heterocycles. The van der Waals surface area contributed by atoms with Gasteiger partial charge in [0.1, 0.15) is 0 Å². The Balaban J connectivity index is 2.28. The number of hydrogen-bond acceptors (Lipinski definition) is 3. The third-order valence-corrected chi connectivity index (χ3v) is 2.74. The Kier molecular flexibility index (Phi) is 6.41. The zero-order chi connectivity index (χ0) is 14.1. The number of carbonyl (C=O) groups is 1. The lowest BCUT2D eigenvalue weighted by Gasteiger charge is -2.10. The van der Waals surface area contributed by atoms with Crippen LogP contribution in [0.5, 0.6) is 0 Å². The molecule has 0 aliphatic rings. The van der Waals surface area contributed by atoms with Gasteiger partial charge in [0.15, 0.2) is 0 Å². The highest BCUT2D eigenvalue weighted by atomic mass is 16.3. The summed E-state index contributed by atoms with van der Waals surface area (Å²) in [4.78, 5) is 11.5. The average molecular weight is 261 g/mol. The zero-order valence-corrected chi connectivity index (χ0v) is 11.0. The summed E-state index contributed by atoms with van der Waals surface area (Å²) in [5.41, 5.74) is 1.45. The molecule has 19 heavy (non-hydrogen) atoms. The van der Waals surface area contributed by atoms with E-state index in [-0.39, 0.29) is 12.1 Å². The number of rotatable bonds is 6. The van der Waals surface area contributed by atoms with Crippen molar-refractivity contribution in [3.8, 4) is 6.07 Å². The smallest absolute Gasteiger partial charge is 0.315 e. The molecule has 102 valence electrons. The van der Waals surface area contributed by atoms with Gasteiger partial charge in [0.2, 0.25) is 0 Å². The number of urea groups is 1. The molecule has 0 bridgehead atoms. The second-order valence-corrected chi connectivity index (χ2v) is 4.27. The van der Waals surface area contributed by atoms with E-state index in [1.165, 1.54) is 0 Å². The summed E-state index contributed by atoms with van der Waals surface area (Å²) in [6, 6.07) is 8.87. The summed E-state index contributed by atoms with van der Waals surface area (Å²) >= 11 is 0. The van der Waals surface area contributed by atoms with E-state index in [1.54, 1.807) is 18.2 Å². The molecule has 1 atom stereocenters. The van der Waals surface area contributed by atoms with Crippen molar-refractivity contribution < 1.29 is 9.90 Å². The number of hydrogen-bond donors (Lipinski definition) is 3. The van der Waals surface area contributed by atoms with Gasteiger partial charge in [-0.05, 0) is 30.5 Å². The van der Waals surface area contributed by atoms with Gasteiger partial charge in [-0.15, -0.1) is 0 Å². The van der Waals surface area contributed by atoms with Crippen LogP contribution in [0.25, 0.3) is 0 Å². The Bertz CT molecular complexity index is 454. The van der Waals surface area contributed by atoms with Gasteiger partial charge in [-0.1, -0.05) is 19.1 Å². The third kappa shape index (κ3) is 5.89. The van der Waals surface area contributed by atoms with Crippen LogP contribution in [0, 0.1) is 11.3 Å². The highest BCUT2D eigenvalue weighted by Crippen LogP contribution is 2.03. The van der Waals surface area contributed by atoms with Crippen molar-refractivity contribution in [2.45, 2.75) is 32.4 Å². The molecule has 0 saturated heterocycles. The quantitative estimate of drug-likeness (QED) is 0.725. The van der Waals surface area contributed by atoms with Crippen molar-refractivity contribution in [3.05, 3.63) is 35.4 Å².